The van der Waals surface area contributed by atoms with Crippen molar-refractivity contribution in [2.75, 3.05) is 51.1 Å². The van der Waals surface area contributed by atoms with Gasteiger partial charge in [0.15, 0.2) is 0 Å². The number of nitrogens with zero attached hydrogens (tertiary/aromatic N) is 3. The van der Waals surface area contributed by atoms with Crippen molar-refractivity contribution in [3.63, 3.8) is 0 Å². The second-order valence-corrected chi connectivity index (χ2v) is 9.96. The van der Waals surface area contributed by atoms with Crippen LogP contribution in [0.1, 0.15) is 25.0 Å². The number of carbonyl (C=O) groups is 2. The molecular formula is C27H35F3N4O4. The predicted octanol–water partition coefficient (Wildman–Crippen LogP) is 4.08. The highest BCUT2D eigenvalue weighted by Gasteiger charge is 2.32. The van der Waals surface area contributed by atoms with E-state index in [1.807, 2.05) is 44.1 Å². The Bertz CT molecular complexity index is 1120. The average molecular weight is 537 g/mol. The molecule has 1 aliphatic heterocycles. The van der Waals surface area contributed by atoms with Crippen LogP contribution in [0.2, 0.25) is 0 Å². The number of likely N-dealkylation sites (N-methyl/N-ethyl adjacent to an activating group) is 1. The molecule has 0 unspecified atom stereocenters. The highest BCUT2D eigenvalue weighted by Crippen LogP contribution is 2.31. The number of amides is 3. The minimum atomic E-state index is -4.46. The molecule has 2 N–H and O–H groups in total. The van der Waals surface area contributed by atoms with E-state index in [1.54, 1.807) is 18.9 Å². The zero-order valence-electron chi connectivity index (χ0n) is 22.2. The number of carbonyl (C=O) groups excluding carboxylic acids is 2. The van der Waals surface area contributed by atoms with Crippen LogP contribution in [0.25, 0.3) is 0 Å². The molecule has 1 aliphatic rings. The number of nitrogens with one attached hydrogen (secondary N) is 1. The van der Waals surface area contributed by atoms with Crippen LogP contribution in [0.4, 0.5) is 29.3 Å². The number of rotatable bonds is 6. The monoisotopic (exact) mass is 536 g/mol. The third-order valence-electron chi connectivity index (χ3n) is 6.68. The van der Waals surface area contributed by atoms with E-state index in [0.29, 0.717) is 17.9 Å². The van der Waals surface area contributed by atoms with Gasteiger partial charge in [-0.2, -0.15) is 13.2 Å². The lowest BCUT2D eigenvalue weighted by Gasteiger charge is -2.34. The van der Waals surface area contributed by atoms with E-state index in [-0.39, 0.29) is 37.1 Å². The van der Waals surface area contributed by atoms with Crippen molar-refractivity contribution in [2.45, 2.75) is 38.6 Å². The first-order chi connectivity index (χ1) is 17.8. The highest BCUT2D eigenvalue weighted by atomic mass is 19.4. The van der Waals surface area contributed by atoms with Crippen molar-refractivity contribution in [3.05, 3.63) is 53.6 Å². The smallest absolute Gasteiger partial charge is 0.416 e. The van der Waals surface area contributed by atoms with Gasteiger partial charge in [-0.15, -0.1) is 0 Å². The van der Waals surface area contributed by atoms with Crippen LogP contribution in [0, 0.1) is 5.92 Å². The lowest BCUT2D eigenvalue weighted by atomic mass is 10.0. The van der Waals surface area contributed by atoms with Crippen molar-refractivity contribution in [1.29, 1.82) is 0 Å². The highest BCUT2D eigenvalue weighted by molar-refractivity contribution is 5.89. The topological polar surface area (TPSA) is 85.4 Å². The lowest BCUT2D eigenvalue weighted by molar-refractivity contribution is -0.137. The Morgan fingerprint density at radius 3 is 2.42 bits per heavy atom. The van der Waals surface area contributed by atoms with Gasteiger partial charge in [0.05, 0.1) is 31.2 Å². The van der Waals surface area contributed by atoms with Crippen LogP contribution in [0.15, 0.2) is 42.5 Å². The third kappa shape index (κ3) is 7.09. The summed E-state index contributed by atoms with van der Waals surface area (Å²) in [7, 11) is 5.36. The van der Waals surface area contributed by atoms with E-state index in [2.05, 4.69) is 5.32 Å². The fourth-order valence-electron chi connectivity index (χ4n) is 4.23. The van der Waals surface area contributed by atoms with E-state index in [4.69, 9.17) is 4.74 Å². The Morgan fingerprint density at radius 1 is 1.18 bits per heavy atom. The molecule has 1 heterocycles. The van der Waals surface area contributed by atoms with Crippen molar-refractivity contribution >= 4 is 23.3 Å². The van der Waals surface area contributed by atoms with Gasteiger partial charge in [0.2, 0.25) is 5.91 Å². The zero-order valence-corrected chi connectivity index (χ0v) is 22.2. The maximum Gasteiger partial charge on any atom is 0.416 e. The summed E-state index contributed by atoms with van der Waals surface area (Å²) in [5.74, 6) is 0.192. The minimum Gasteiger partial charge on any atom is -0.488 e. The molecule has 2 aromatic carbocycles. The van der Waals surface area contributed by atoms with Crippen molar-refractivity contribution in [1.82, 2.24) is 9.80 Å². The first-order valence-corrected chi connectivity index (χ1v) is 12.4. The normalized spacial score (nSPS) is 18.9. The van der Waals surface area contributed by atoms with Gasteiger partial charge < -0.3 is 29.9 Å². The maximum atomic E-state index is 13.2. The largest absolute Gasteiger partial charge is 0.488 e. The van der Waals surface area contributed by atoms with Gasteiger partial charge in [0, 0.05) is 50.5 Å². The number of halogens is 3. The number of aliphatic hydroxyl groups is 1. The SMILES string of the molecule is C[C@@H]1CN([C@H](C)CO)C(=O)Cc2cc(N(C)C)ccc2O[C@@H]1CN(C)C(=O)Nc1ccc(C(F)(F)F)cc1. The molecule has 0 saturated heterocycles. The first kappa shape index (κ1) is 29.1. The number of ether oxygens (including phenoxy) is 1. The second-order valence-electron chi connectivity index (χ2n) is 9.96. The molecule has 208 valence electrons. The molecule has 0 bridgehead atoms. The number of alkyl halides is 3. The van der Waals surface area contributed by atoms with E-state index < -0.39 is 29.9 Å². The molecule has 0 aliphatic carbocycles. The molecule has 2 aromatic rings. The molecule has 0 fully saturated rings. The summed E-state index contributed by atoms with van der Waals surface area (Å²) in [5.41, 5.74) is 1.03. The Labute approximate surface area is 221 Å². The summed E-state index contributed by atoms with van der Waals surface area (Å²) in [4.78, 5) is 31.1. The standard InChI is InChI=1S/C27H35F3N4O4/c1-17-14-34(18(2)16-35)25(36)13-19-12-22(32(3)4)10-11-23(19)38-24(17)15-33(5)26(37)31-21-8-6-20(7-9-21)27(28,29)30/h6-12,17-18,24,35H,13-16H2,1-5H3,(H,31,37)/t17-,18-,24-/m1/s1. The van der Waals surface area contributed by atoms with Crippen LogP contribution >= 0.6 is 0 Å². The molecule has 0 radical (unpaired) electrons. The molecule has 3 amide bonds. The number of anilines is 2. The maximum absolute atomic E-state index is 13.2. The quantitative estimate of drug-likeness (QED) is 0.581. The van der Waals surface area contributed by atoms with Gasteiger partial charge in [-0.1, -0.05) is 6.92 Å². The Kier molecular flexibility index (Phi) is 9.14. The van der Waals surface area contributed by atoms with Crippen LogP contribution in [-0.2, 0) is 17.4 Å². The summed E-state index contributed by atoms with van der Waals surface area (Å²) in [6, 6.07) is 8.90. The number of hydrogen-bond donors (Lipinski definition) is 2. The fraction of sp³-hybridized carbons (Fsp3) is 0.481. The van der Waals surface area contributed by atoms with Crippen molar-refractivity contribution < 1.29 is 32.6 Å². The number of aliphatic hydroxyl groups excluding tert-OH is 1. The zero-order chi connectivity index (χ0) is 28.2. The Morgan fingerprint density at radius 2 is 1.84 bits per heavy atom. The summed E-state index contributed by atoms with van der Waals surface area (Å²) < 4.78 is 44.9. The summed E-state index contributed by atoms with van der Waals surface area (Å²) >= 11 is 0. The van der Waals surface area contributed by atoms with E-state index in [1.165, 1.54) is 17.0 Å². The molecule has 0 saturated carbocycles. The summed E-state index contributed by atoms with van der Waals surface area (Å²) in [5, 5.41) is 12.4. The molecule has 3 atom stereocenters. The molecule has 0 spiro atoms. The van der Waals surface area contributed by atoms with Crippen LogP contribution in [-0.4, -0.2) is 79.8 Å². The molecule has 8 nitrogen and oxygen atoms in total. The van der Waals surface area contributed by atoms with E-state index >= 15 is 0 Å². The minimum absolute atomic E-state index is 0.102. The number of hydrogen-bond acceptors (Lipinski definition) is 5. The fourth-order valence-corrected chi connectivity index (χ4v) is 4.23. The first-order valence-electron chi connectivity index (χ1n) is 12.4. The molecular weight excluding hydrogens is 501 g/mol. The molecule has 3 rings (SSSR count). The number of fused-ring (bicyclic) bond motifs is 1. The van der Waals surface area contributed by atoms with Crippen LogP contribution in [0.3, 0.4) is 0 Å². The van der Waals surface area contributed by atoms with E-state index in [9.17, 15) is 27.9 Å². The summed E-state index contributed by atoms with van der Waals surface area (Å²) in [6.07, 6.45) is -4.87. The Hall–Kier alpha value is -3.47. The van der Waals surface area contributed by atoms with Gasteiger partial charge in [-0.25, -0.2) is 4.79 Å². The van der Waals surface area contributed by atoms with Crippen molar-refractivity contribution in [3.8, 4) is 5.75 Å². The number of urea groups is 1. The summed E-state index contributed by atoms with van der Waals surface area (Å²) in [6.45, 7) is 3.96. The predicted molar refractivity (Wildman–Crippen MR) is 139 cm³/mol. The second kappa shape index (κ2) is 11.9. The van der Waals surface area contributed by atoms with Crippen molar-refractivity contribution in [2.24, 2.45) is 5.92 Å². The number of benzene rings is 2. The molecule has 0 aromatic heterocycles. The van der Waals surface area contributed by atoms with Gasteiger partial charge in [-0.3, -0.25) is 4.79 Å². The van der Waals surface area contributed by atoms with Crippen LogP contribution < -0.4 is 15.0 Å². The third-order valence-corrected chi connectivity index (χ3v) is 6.68. The molecule has 11 heteroatoms. The molecule has 38 heavy (non-hydrogen) atoms. The average Bonchev–Trinajstić information content (AvgIpc) is 2.90. The Balaban J connectivity index is 1.83. The lowest BCUT2D eigenvalue weighted by Crippen LogP contribution is -2.48. The van der Waals surface area contributed by atoms with E-state index in [0.717, 1.165) is 17.8 Å². The van der Waals surface area contributed by atoms with Crippen LogP contribution in [0.5, 0.6) is 5.75 Å². The van der Waals surface area contributed by atoms with Gasteiger partial charge in [0.25, 0.3) is 0 Å². The van der Waals surface area contributed by atoms with Gasteiger partial charge in [-0.05, 0) is 49.4 Å². The van der Waals surface area contributed by atoms with Gasteiger partial charge in [0.1, 0.15) is 11.9 Å². The van der Waals surface area contributed by atoms with Gasteiger partial charge >= 0.3 is 12.2 Å².